The number of halogens is 1. The Bertz CT molecular complexity index is 513. The van der Waals surface area contributed by atoms with Gasteiger partial charge in [-0.2, -0.15) is 0 Å². The molecule has 0 bridgehead atoms. The van der Waals surface area contributed by atoms with Gasteiger partial charge < -0.3 is 16.4 Å². The maximum absolute atomic E-state index is 12.3. The third-order valence-electron chi connectivity index (χ3n) is 3.81. The monoisotopic (exact) mass is 311 g/mol. The van der Waals surface area contributed by atoms with Gasteiger partial charge in [0.2, 0.25) is 11.8 Å². The molecule has 1 aliphatic heterocycles. The van der Waals surface area contributed by atoms with Crippen LogP contribution in [0.5, 0.6) is 0 Å². The molecular weight excluding hydrogens is 290 g/mol. The second kappa shape index (κ2) is 7.43. The highest BCUT2D eigenvalue weighted by Gasteiger charge is 2.34. The van der Waals surface area contributed by atoms with Crippen LogP contribution in [0.2, 0.25) is 0 Å². The van der Waals surface area contributed by atoms with Crippen molar-refractivity contribution in [3.8, 4) is 0 Å². The van der Waals surface area contributed by atoms with E-state index in [0.29, 0.717) is 18.7 Å². The molecule has 4 N–H and O–H groups in total. The second-order valence-corrected chi connectivity index (χ2v) is 5.59. The molecular formula is C15H22ClN3O2. The van der Waals surface area contributed by atoms with Crippen molar-refractivity contribution in [1.29, 1.82) is 0 Å². The topological polar surface area (TPSA) is 84.2 Å². The molecule has 1 aliphatic rings. The van der Waals surface area contributed by atoms with Crippen LogP contribution in [0.3, 0.4) is 0 Å². The molecule has 5 nitrogen and oxygen atoms in total. The summed E-state index contributed by atoms with van der Waals surface area (Å²) in [5.74, 6) is -0.407. The van der Waals surface area contributed by atoms with Crippen molar-refractivity contribution < 1.29 is 9.59 Å². The van der Waals surface area contributed by atoms with Gasteiger partial charge in [-0.15, -0.1) is 12.4 Å². The largest absolute Gasteiger partial charge is 0.366 e. The van der Waals surface area contributed by atoms with Crippen molar-refractivity contribution in [1.82, 2.24) is 10.6 Å². The Morgan fingerprint density at radius 3 is 2.81 bits per heavy atom. The highest BCUT2D eigenvalue weighted by molar-refractivity contribution is 5.92. The molecule has 0 aliphatic carbocycles. The summed E-state index contributed by atoms with van der Waals surface area (Å²) in [6.45, 7) is 4.08. The third kappa shape index (κ3) is 4.44. The highest BCUT2D eigenvalue weighted by Crippen LogP contribution is 2.25. The summed E-state index contributed by atoms with van der Waals surface area (Å²) in [5, 5.41) is 6.20. The Kier molecular flexibility index (Phi) is 6.18. The maximum Gasteiger partial charge on any atom is 0.248 e. The number of nitrogens with one attached hydrogen (secondary N) is 2. The zero-order chi connectivity index (χ0) is 14.6. The number of carbonyl (C=O) groups is 2. The van der Waals surface area contributed by atoms with Crippen LogP contribution in [0.15, 0.2) is 24.3 Å². The number of nitrogens with two attached hydrogens (primary N) is 1. The summed E-state index contributed by atoms with van der Waals surface area (Å²) in [6, 6.07) is 7.02. The molecule has 6 heteroatoms. The van der Waals surface area contributed by atoms with E-state index < -0.39 is 5.91 Å². The van der Waals surface area contributed by atoms with Gasteiger partial charge >= 0.3 is 0 Å². The molecule has 1 aromatic rings. The quantitative estimate of drug-likeness (QED) is 0.781. The predicted octanol–water partition coefficient (Wildman–Crippen LogP) is 1.21. The number of primary amides is 1. The van der Waals surface area contributed by atoms with Crippen LogP contribution in [-0.4, -0.2) is 24.9 Å². The van der Waals surface area contributed by atoms with Gasteiger partial charge in [-0.25, -0.2) is 0 Å². The molecule has 2 rings (SSSR count). The van der Waals surface area contributed by atoms with Gasteiger partial charge in [0.25, 0.3) is 0 Å². The van der Waals surface area contributed by atoms with Crippen LogP contribution in [-0.2, 0) is 11.3 Å². The van der Waals surface area contributed by atoms with Gasteiger partial charge in [0.05, 0.1) is 5.41 Å². The van der Waals surface area contributed by atoms with Gasteiger partial charge in [-0.05, 0) is 44.0 Å². The van der Waals surface area contributed by atoms with Crippen LogP contribution < -0.4 is 16.4 Å². The number of rotatable bonds is 4. The van der Waals surface area contributed by atoms with Crippen LogP contribution in [0, 0.1) is 5.41 Å². The number of amides is 2. The molecule has 1 fully saturated rings. The molecule has 1 saturated heterocycles. The van der Waals surface area contributed by atoms with Crippen LogP contribution in [0.4, 0.5) is 0 Å². The molecule has 1 heterocycles. The first-order valence-corrected chi connectivity index (χ1v) is 6.89. The van der Waals surface area contributed by atoms with Crippen LogP contribution in [0.25, 0.3) is 0 Å². The van der Waals surface area contributed by atoms with E-state index in [9.17, 15) is 9.59 Å². The van der Waals surface area contributed by atoms with E-state index in [1.165, 1.54) is 0 Å². The Hall–Kier alpha value is -1.59. The van der Waals surface area contributed by atoms with Crippen molar-refractivity contribution in [2.45, 2.75) is 26.3 Å². The molecule has 1 atom stereocenters. The summed E-state index contributed by atoms with van der Waals surface area (Å²) < 4.78 is 0. The van der Waals surface area contributed by atoms with E-state index in [2.05, 4.69) is 10.6 Å². The minimum Gasteiger partial charge on any atom is -0.366 e. The van der Waals surface area contributed by atoms with E-state index in [1.54, 1.807) is 18.2 Å². The summed E-state index contributed by atoms with van der Waals surface area (Å²) >= 11 is 0. The van der Waals surface area contributed by atoms with Gasteiger partial charge in [-0.3, -0.25) is 9.59 Å². The van der Waals surface area contributed by atoms with Crippen LogP contribution in [0.1, 0.15) is 35.7 Å². The number of benzene rings is 1. The van der Waals surface area contributed by atoms with Gasteiger partial charge in [0.1, 0.15) is 0 Å². The van der Waals surface area contributed by atoms with E-state index >= 15 is 0 Å². The summed E-state index contributed by atoms with van der Waals surface area (Å²) in [4.78, 5) is 23.4. The molecule has 2 amide bonds. The van der Waals surface area contributed by atoms with Gasteiger partial charge in [-0.1, -0.05) is 12.1 Å². The molecule has 1 aromatic carbocycles. The molecule has 0 spiro atoms. The molecule has 0 radical (unpaired) electrons. The second-order valence-electron chi connectivity index (χ2n) is 5.59. The van der Waals surface area contributed by atoms with Crippen molar-refractivity contribution >= 4 is 24.2 Å². The SMILES string of the molecule is CC1(C(=O)NCc2cccc(C(N)=O)c2)CCCNC1.Cl. The average molecular weight is 312 g/mol. The minimum absolute atomic E-state index is 0. The van der Waals surface area contributed by atoms with Crippen LogP contribution >= 0.6 is 12.4 Å². The Morgan fingerprint density at radius 1 is 1.43 bits per heavy atom. The zero-order valence-electron chi connectivity index (χ0n) is 12.1. The zero-order valence-corrected chi connectivity index (χ0v) is 13.0. The fraction of sp³-hybridized carbons (Fsp3) is 0.467. The standard InChI is InChI=1S/C15H21N3O2.ClH/c1-15(6-3-7-17-10-15)14(20)18-9-11-4-2-5-12(8-11)13(16)19;/h2,4-5,8,17H,3,6-7,9-10H2,1H3,(H2,16,19)(H,18,20);1H. The lowest BCUT2D eigenvalue weighted by atomic mass is 9.82. The molecule has 21 heavy (non-hydrogen) atoms. The third-order valence-corrected chi connectivity index (χ3v) is 3.81. The highest BCUT2D eigenvalue weighted by atomic mass is 35.5. The first kappa shape index (κ1) is 17.5. The lowest BCUT2D eigenvalue weighted by Gasteiger charge is -2.32. The summed E-state index contributed by atoms with van der Waals surface area (Å²) in [7, 11) is 0. The Morgan fingerprint density at radius 2 is 2.19 bits per heavy atom. The van der Waals surface area contributed by atoms with Crippen molar-refractivity contribution in [2.75, 3.05) is 13.1 Å². The predicted molar refractivity (Wildman–Crippen MR) is 84.3 cm³/mol. The lowest BCUT2D eigenvalue weighted by molar-refractivity contribution is -0.131. The molecule has 0 saturated carbocycles. The summed E-state index contributed by atoms with van der Waals surface area (Å²) in [5.41, 5.74) is 6.23. The molecule has 1 unspecified atom stereocenters. The van der Waals surface area contributed by atoms with E-state index in [-0.39, 0.29) is 23.7 Å². The van der Waals surface area contributed by atoms with E-state index in [1.807, 2.05) is 13.0 Å². The van der Waals surface area contributed by atoms with E-state index in [4.69, 9.17) is 5.73 Å². The normalized spacial score (nSPS) is 21.2. The van der Waals surface area contributed by atoms with Crippen molar-refractivity contribution in [2.24, 2.45) is 11.1 Å². The smallest absolute Gasteiger partial charge is 0.248 e. The first-order valence-electron chi connectivity index (χ1n) is 6.89. The molecule has 0 aromatic heterocycles. The first-order chi connectivity index (χ1) is 9.51. The summed E-state index contributed by atoms with van der Waals surface area (Å²) in [6.07, 6.45) is 1.91. The minimum atomic E-state index is -0.457. The Labute approximate surface area is 131 Å². The number of piperidine rings is 1. The fourth-order valence-corrected chi connectivity index (χ4v) is 2.48. The average Bonchev–Trinajstić information content (AvgIpc) is 2.45. The van der Waals surface area contributed by atoms with Crippen molar-refractivity contribution in [3.63, 3.8) is 0 Å². The van der Waals surface area contributed by atoms with Gasteiger partial charge in [0.15, 0.2) is 0 Å². The molecule has 116 valence electrons. The number of hydrogen-bond acceptors (Lipinski definition) is 3. The maximum atomic E-state index is 12.3. The number of hydrogen-bond donors (Lipinski definition) is 3. The fourth-order valence-electron chi connectivity index (χ4n) is 2.48. The Balaban J connectivity index is 0.00000220. The van der Waals surface area contributed by atoms with E-state index in [0.717, 1.165) is 24.9 Å². The van der Waals surface area contributed by atoms with Crippen molar-refractivity contribution in [3.05, 3.63) is 35.4 Å². The number of carbonyl (C=O) groups excluding carboxylic acids is 2. The lowest BCUT2D eigenvalue weighted by Crippen LogP contribution is -2.48. The van der Waals surface area contributed by atoms with Gasteiger partial charge in [0, 0.05) is 18.7 Å².